The molecule has 0 aliphatic heterocycles. The number of rotatable bonds is 6. The van der Waals surface area contributed by atoms with E-state index in [1.54, 1.807) is 0 Å². The van der Waals surface area contributed by atoms with Gasteiger partial charge in [-0.15, -0.1) is 0 Å². The van der Waals surface area contributed by atoms with Crippen LogP contribution in [0.25, 0.3) is 0 Å². The van der Waals surface area contributed by atoms with E-state index in [-0.39, 0.29) is 34.2 Å². The summed E-state index contributed by atoms with van der Waals surface area (Å²) in [5.74, 6) is -5.46. The Labute approximate surface area is 183 Å². The molecule has 0 spiro atoms. The number of benzene rings is 2. The fraction of sp³-hybridized carbons (Fsp3) is 0.381. The van der Waals surface area contributed by atoms with Crippen molar-refractivity contribution in [3.05, 3.63) is 58.4 Å². The number of nitrogens with one attached hydrogen (secondary N) is 1. The number of hydrogen-bond acceptors (Lipinski definition) is 4. The Hall–Kier alpha value is -2.10. The Morgan fingerprint density at radius 3 is 2.26 bits per heavy atom. The first-order valence-electron chi connectivity index (χ1n) is 9.72. The summed E-state index contributed by atoms with van der Waals surface area (Å²) in [6, 6.07) is 4.86. The fourth-order valence-electron chi connectivity index (χ4n) is 3.97. The van der Waals surface area contributed by atoms with Gasteiger partial charge in [0.25, 0.3) is 5.91 Å². The van der Waals surface area contributed by atoms with E-state index in [1.807, 2.05) is 0 Å². The van der Waals surface area contributed by atoms with Gasteiger partial charge in [-0.25, -0.2) is 21.6 Å². The number of amides is 1. The van der Waals surface area contributed by atoms with Crippen molar-refractivity contribution in [2.75, 3.05) is 11.9 Å². The van der Waals surface area contributed by atoms with Crippen LogP contribution in [0.15, 0.2) is 35.2 Å². The van der Waals surface area contributed by atoms with E-state index in [9.17, 15) is 31.5 Å². The molecule has 0 heterocycles. The van der Waals surface area contributed by atoms with Crippen LogP contribution in [0.1, 0.15) is 48.9 Å². The van der Waals surface area contributed by atoms with Gasteiger partial charge in [-0.1, -0.05) is 30.9 Å². The zero-order valence-electron chi connectivity index (χ0n) is 16.4. The Balaban J connectivity index is 1.96. The number of sulfone groups is 1. The van der Waals surface area contributed by atoms with E-state index in [0.29, 0.717) is 37.8 Å². The molecule has 1 fully saturated rings. The van der Waals surface area contributed by atoms with E-state index in [4.69, 9.17) is 11.6 Å². The Kier molecular flexibility index (Phi) is 6.98. The largest absolute Gasteiger partial charge is 0.396 e. The molecule has 0 bridgehead atoms. The van der Waals surface area contributed by atoms with Gasteiger partial charge in [-0.3, -0.25) is 4.79 Å². The molecule has 1 aliphatic carbocycles. The van der Waals surface area contributed by atoms with Crippen molar-refractivity contribution in [3.63, 3.8) is 0 Å². The van der Waals surface area contributed by atoms with E-state index in [2.05, 4.69) is 5.32 Å². The van der Waals surface area contributed by atoms with Crippen LogP contribution in [0.3, 0.4) is 0 Å². The second-order valence-corrected chi connectivity index (χ2v) is 10.3. The average Bonchev–Trinajstić information content (AvgIpc) is 2.73. The minimum absolute atomic E-state index is 0.0518. The van der Waals surface area contributed by atoms with Crippen LogP contribution >= 0.6 is 11.6 Å². The highest BCUT2D eigenvalue weighted by molar-refractivity contribution is 7.93. The van der Waals surface area contributed by atoms with Crippen LogP contribution in [-0.4, -0.2) is 30.8 Å². The average molecular weight is 476 g/mol. The molecule has 0 radical (unpaired) electrons. The molecule has 0 saturated heterocycles. The number of carbonyl (C=O) groups is 1. The summed E-state index contributed by atoms with van der Waals surface area (Å²) in [6.45, 7) is -0.307. The Bertz CT molecular complexity index is 1070. The van der Waals surface area contributed by atoms with Crippen molar-refractivity contribution >= 4 is 33.0 Å². The van der Waals surface area contributed by atoms with Gasteiger partial charge in [-0.05, 0) is 37.5 Å². The van der Waals surface area contributed by atoms with Gasteiger partial charge in [0.05, 0.1) is 14.7 Å². The summed E-state index contributed by atoms with van der Waals surface area (Å²) >= 11 is 6.17. The first-order valence-corrected chi connectivity index (χ1v) is 11.6. The highest BCUT2D eigenvalue weighted by Crippen LogP contribution is 2.43. The summed E-state index contributed by atoms with van der Waals surface area (Å²) in [5, 5.41) is 11.6. The molecule has 31 heavy (non-hydrogen) atoms. The lowest BCUT2D eigenvalue weighted by Crippen LogP contribution is -2.41. The molecule has 5 nitrogen and oxygen atoms in total. The SMILES string of the molecule is O=C(Nc1cc(F)c(F)c(F)c1)c1ccc(Cl)c(S(=O)(=O)C2(CCO)CCCCC2)c1. The maximum atomic E-state index is 13.5. The molecule has 2 N–H and O–H groups in total. The zero-order chi connectivity index (χ0) is 22.8. The lowest BCUT2D eigenvalue weighted by atomic mass is 9.86. The third-order valence-electron chi connectivity index (χ3n) is 5.63. The van der Waals surface area contributed by atoms with Crippen LogP contribution in [0, 0.1) is 17.5 Å². The maximum Gasteiger partial charge on any atom is 0.255 e. The first kappa shape index (κ1) is 23.6. The summed E-state index contributed by atoms with van der Waals surface area (Å²) < 4.78 is 65.8. The lowest BCUT2D eigenvalue weighted by Gasteiger charge is -2.36. The van der Waals surface area contributed by atoms with Crippen molar-refractivity contribution in [3.8, 4) is 0 Å². The van der Waals surface area contributed by atoms with Gasteiger partial charge >= 0.3 is 0 Å². The van der Waals surface area contributed by atoms with Gasteiger partial charge in [0.15, 0.2) is 27.3 Å². The standard InChI is InChI=1S/C21H21ClF3NO4S/c22-15-5-4-13(20(28)26-14-11-16(23)19(25)17(24)12-14)10-18(15)31(29,30)21(8-9-27)6-2-1-3-7-21/h4-5,10-12,27H,1-3,6-9H2,(H,26,28). The van der Waals surface area contributed by atoms with Crippen molar-refractivity contribution in [2.45, 2.75) is 48.2 Å². The number of aliphatic hydroxyl groups is 1. The van der Waals surface area contributed by atoms with E-state index in [0.717, 1.165) is 12.5 Å². The number of hydrogen-bond donors (Lipinski definition) is 2. The monoisotopic (exact) mass is 475 g/mol. The van der Waals surface area contributed by atoms with E-state index < -0.39 is 37.9 Å². The van der Waals surface area contributed by atoms with Crippen LogP contribution in [0.5, 0.6) is 0 Å². The Morgan fingerprint density at radius 1 is 1.06 bits per heavy atom. The molecule has 2 aromatic carbocycles. The smallest absolute Gasteiger partial charge is 0.255 e. The fourth-order valence-corrected chi connectivity index (χ4v) is 6.65. The number of aliphatic hydroxyl groups excluding tert-OH is 1. The van der Waals surface area contributed by atoms with Crippen molar-refractivity contribution in [1.29, 1.82) is 0 Å². The summed E-state index contributed by atoms with van der Waals surface area (Å²) in [5.41, 5.74) is -0.437. The number of halogens is 4. The second-order valence-electron chi connectivity index (χ2n) is 7.57. The van der Waals surface area contributed by atoms with Crippen molar-refractivity contribution < 1.29 is 31.5 Å². The molecule has 1 aliphatic rings. The third-order valence-corrected chi connectivity index (χ3v) is 8.74. The predicted octanol–water partition coefficient (Wildman–Crippen LogP) is 4.87. The summed E-state index contributed by atoms with van der Waals surface area (Å²) in [6.07, 6.45) is 3.07. The highest BCUT2D eigenvalue weighted by Gasteiger charge is 2.45. The second kappa shape index (κ2) is 9.18. The maximum absolute atomic E-state index is 13.5. The van der Waals surface area contributed by atoms with Gasteiger partial charge < -0.3 is 10.4 Å². The molecular formula is C21H21ClF3NO4S. The molecular weight excluding hydrogens is 455 g/mol. The predicted molar refractivity (Wildman–Crippen MR) is 110 cm³/mol. The van der Waals surface area contributed by atoms with Gasteiger partial charge in [0, 0.05) is 30.0 Å². The van der Waals surface area contributed by atoms with Gasteiger partial charge in [-0.2, -0.15) is 0 Å². The highest BCUT2D eigenvalue weighted by atomic mass is 35.5. The summed E-state index contributed by atoms with van der Waals surface area (Å²) in [7, 11) is -4.01. The Morgan fingerprint density at radius 2 is 1.68 bits per heavy atom. The van der Waals surface area contributed by atoms with Crippen molar-refractivity contribution in [1.82, 2.24) is 0 Å². The summed E-state index contributed by atoms with van der Waals surface area (Å²) in [4.78, 5) is 12.3. The van der Waals surface area contributed by atoms with Gasteiger partial charge in [0.2, 0.25) is 0 Å². The molecule has 2 aromatic rings. The van der Waals surface area contributed by atoms with Crippen LogP contribution in [0.4, 0.5) is 18.9 Å². The van der Waals surface area contributed by atoms with Crippen LogP contribution < -0.4 is 5.32 Å². The van der Waals surface area contributed by atoms with E-state index >= 15 is 0 Å². The minimum Gasteiger partial charge on any atom is -0.396 e. The molecule has 10 heteroatoms. The topological polar surface area (TPSA) is 83.5 Å². The quantitative estimate of drug-likeness (QED) is 0.584. The molecule has 0 unspecified atom stereocenters. The molecule has 1 amide bonds. The number of carbonyl (C=O) groups excluding carboxylic acids is 1. The molecule has 3 rings (SSSR count). The normalized spacial score (nSPS) is 16.2. The van der Waals surface area contributed by atoms with Crippen LogP contribution in [-0.2, 0) is 9.84 Å². The minimum atomic E-state index is -4.01. The third kappa shape index (κ3) is 4.58. The molecule has 1 saturated carbocycles. The number of anilines is 1. The first-order chi connectivity index (χ1) is 14.6. The van der Waals surface area contributed by atoms with Gasteiger partial charge in [0.1, 0.15) is 0 Å². The van der Waals surface area contributed by atoms with Crippen molar-refractivity contribution in [2.24, 2.45) is 0 Å². The molecule has 0 aromatic heterocycles. The van der Waals surface area contributed by atoms with E-state index in [1.165, 1.54) is 12.1 Å². The zero-order valence-corrected chi connectivity index (χ0v) is 18.0. The molecule has 168 valence electrons. The molecule has 0 atom stereocenters. The van der Waals surface area contributed by atoms with Crippen LogP contribution in [0.2, 0.25) is 5.02 Å². The lowest BCUT2D eigenvalue weighted by molar-refractivity contribution is 0.102.